The molecule has 1 aliphatic heterocycles. The van der Waals surface area contributed by atoms with Crippen LogP contribution in [0.2, 0.25) is 0 Å². The Labute approximate surface area is 116 Å². The lowest BCUT2D eigenvalue weighted by Crippen LogP contribution is -2.49. The average Bonchev–Trinajstić information content (AvgIpc) is 2.73. The van der Waals surface area contributed by atoms with E-state index in [0.29, 0.717) is 24.5 Å². The standard InChI is InChI=1S/C14H18N4O2/c1-2-11-9-16(10-11)13(19)6-8-18-14(20)17-7-4-3-5-12(17)15-18/h3-5,7,11H,2,6,8-10H2,1H3. The van der Waals surface area contributed by atoms with E-state index in [9.17, 15) is 9.59 Å². The molecule has 0 bridgehead atoms. The van der Waals surface area contributed by atoms with Crippen molar-refractivity contribution < 1.29 is 4.79 Å². The fourth-order valence-electron chi connectivity index (χ4n) is 2.51. The van der Waals surface area contributed by atoms with E-state index in [4.69, 9.17) is 0 Å². The number of hydrogen-bond acceptors (Lipinski definition) is 3. The van der Waals surface area contributed by atoms with Gasteiger partial charge in [-0.05, 0) is 24.5 Å². The summed E-state index contributed by atoms with van der Waals surface area (Å²) in [6.45, 7) is 4.19. The number of rotatable bonds is 4. The van der Waals surface area contributed by atoms with Gasteiger partial charge in [-0.3, -0.25) is 9.20 Å². The van der Waals surface area contributed by atoms with Crippen LogP contribution in [0.3, 0.4) is 0 Å². The zero-order valence-corrected chi connectivity index (χ0v) is 11.5. The number of hydrogen-bond donors (Lipinski definition) is 0. The molecule has 0 spiro atoms. The van der Waals surface area contributed by atoms with Crippen molar-refractivity contribution in [2.24, 2.45) is 5.92 Å². The summed E-state index contributed by atoms with van der Waals surface area (Å²) in [5.74, 6) is 0.760. The molecule has 0 atom stereocenters. The Morgan fingerprint density at radius 3 is 2.90 bits per heavy atom. The van der Waals surface area contributed by atoms with Crippen LogP contribution in [0.25, 0.3) is 5.65 Å². The molecule has 106 valence electrons. The Morgan fingerprint density at radius 2 is 2.20 bits per heavy atom. The molecule has 0 saturated carbocycles. The fraction of sp³-hybridized carbons (Fsp3) is 0.500. The molecular formula is C14H18N4O2. The summed E-state index contributed by atoms with van der Waals surface area (Å²) in [6.07, 6.45) is 3.14. The summed E-state index contributed by atoms with van der Waals surface area (Å²) in [6, 6.07) is 5.40. The summed E-state index contributed by atoms with van der Waals surface area (Å²) in [4.78, 5) is 25.8. The number of nitrogens with zero attached hydrogens (tertiary/aromatic N) is 4. The number of aryl methyl sites for hydroxylation is 1. The normalized spacial score (nSPS) is 15.6. The van der Waals surface area contributed by atoms with Crippen molar-refractivity contribution in [3.05, 3.63) is 34.9 Å². The molecule has 2 aromatic rings. The molecule has 2 aromatic heterocycles. The lowest BCUT2D eigenvalue weighted by molar-refractivity contribution is -0.137. The van der Waals surface area contributed by atoms with E-state index in [1.54, 1.807) is 18.3 Å². The highest BCUT2D eigenvalue weighted by atomic mass is 16.2. The molecule has 0 radical (unpaired) electrons. The summed E-state index contributed by atoms with van der Waals surface area (Å²) < 4.78 is 2.85. The average molecular weight is 274 g/mol. The van der Waals surface area contributed by atoms with Crippen molar-refractivity contribution >= 4 is 11.6 Å². The molecule has 3 rings (SSSR count). The van der Waals surface area contributed by atoms with Gasteiger partial charge >= 0.3 is 5.69 Å². The molecule has 1 aliphatic rings. The van der Waals surface area contributed by atoms with Crippen LogP contribution in [0.1, 0.15) is 19.8 Å². The van der Waals surface area contributed by atoms with E-state index in [0.717, 1.165) is 19.5 Å². The molecule has 0 aliphatic carbocycles. The van der Waals surface area contributed by atoms with Gasteiger partial charge in [0.15, 0.2) is 5.65 Å². The maximum absolute atomic E-state index is 12.0. The van der Waals surface area contributed by atoms with Crippen molar-refractivity contribution in [1.82, 2.24) is 19.1 Å². The zero-order valence-electron chi connectivity index (χ0n) is 11.5. The Kier molecular flexibility index (Phi) is 3.30. The van der Waals surface area contributed by atoms with Gasteiger partial charge in [0.05, 0.1) is 6.54 Å². The quantitative estimate of drug-likeness (QED) is 0.827. The highest BCUT2D eigenvalue weighted by Gasteiger charge is 2.28. The fourth-order valence-corrected chi connectivity index (χ4v) is 2.51. The van der Waals surface area contributed by atoms with Gasteiger partial charge in [-0.1, -0.05) is 13.0 Å². The maximum atomic E-state index is 12.0. The monoisotopic (exact) mass is 274 g/mol. The van der Waals surface area contributed by atoms with Crippen LogP contribution in [0.15, 0.2) is 29.2 Å². The first-order valence-electron chi connectivity index (χ1n) is 7.01. The third kappa shape index (κ3) is 2.21. The predicted octanol–water partition coefficient (Wildman–Crippen LogP) is 0.754. The Hall–Kier alpha value is -2.11. The van der Waals surface area contributed by atoms with Gasteiger partial charge in [0.1, 0.15) is 0 Å². The first-order valence-corrected chi connectivity index (χ1v) is 7.01. The second kappa shape index (κ2) is 5.11. The highest BCUT2D eigenvalue weighted by molar-refractivity contribution is 5.76. The molecule has 0 aromatic carbocycles. The van der Waals surface area contributed by atoms with E-state index in [-0.39, 0.29) is 11.6 Å². The van der Waals surface area contributed by atoms with Gasteiger partial charge < -0.3 is 4.90 Å². The lowest BCUT2D eigenvalue weighted by Gasteiger charge is -2.38. The Bertz CT molecular complexity index is 682. The van der Waals surface area contributed by atoms with Crippen LogP contribution in [0.4, 0.5) is 0 Å². The van der Waals surface area contributed by atoms with Crippen LogP contribution in [0.5, 0.6) is 0 Å². The number of aromatic nitrogens is 3. The van der Waals surface area contributed by atoms with Gasteiger partial charge in [-0.15, -0.1) is 5.10 Å². The summed E-state index contributed by atoms with van der Waals surface area (Å²) in [5, 5.41) is 4.21. The van der Waals surface area contributed by atoms with Crippen molar-refractivity contribution in [1.29, 1.82) is 0 Å². The van der Waals surface area contributed by atoms with Gasteiger partial charge in [-0.2, -0.15) is 0 Å². The van der Waals surface area contributed by atoms with Crippen LogP contribution in [-0.2, 0) is 11.3 Å². The van der Waals surface area contributed by atoms with Crippen molar-refractivity contribution in [2.45, 2.75) is 26.3 Å². The molecule has 6 nitrogen and oxygen atoms in total. The SMILES string of the molecule is CCC1CN(C(=O)CCn2nc3ccccn3c2=O)C1. The number of likely N-dealkylation sites (tertiary alicyclic amines) is 1. The van der Waals surface area contributed by atoms with E-state index in [1.807, 2.05) is 11.0 Å². The summed E-state index contributed by atoms with van der Waals surface area (Å²) in [7, 11) is 0. The topological polar surface area (TPSA) is 59.6 Å². The van der Waals surface area contributed by atoms with Crippen LogP contribution in [-0.4, -0.2) is 38.1 Å². The third-order valence-electron chi connectivity index (χ3n) is 3.91. The number of pyridine rings is 1. The molecule has 3 heterocycles. The minimum Gasteiger partial charge on any atom is -0.342 e. The molecule has 6 heteroatoms. The smallest absolute Gasteiger partial charge is 0.342 e. The van der Waals surface area contributed by atoms with Crippen molar-refractivity contribution in [3.63, 3.8) is 0 Å². The number of amides is 1. The lowest BCUT2D eigenvalue weighted by atomic mass is 9.97. The Balaban J connectivity index is 1.64. The van der Waals surface area contributed by atoms with Crippen molar-refractivity contribution in [2.75, 3.05) is 13.1 Å². The van der Waals surface area contributed by atoms with Crippen molar-refractivity contribution in [3.8, 4) is 0 Å². The molecular weight excluding hydrogens is 256 g/mol. The van der Waals surface area contributed by atoms with E-state index in [2.05, 4.69) is 12.0 Å². The molecule has 1 saturated heterocycles. The van der Waals surface area contributed by atoms with E-state index < -0.39 is 0 Å². The van der Waals surface area contributed by atoms with Crippen LogP contribution >= 0.6 is 0 Å². The van der Waals surface area contributed by atoms with Gasteiger partial charge in [0.2, 0.25) is 5.91 Å². The molecule has 0 unspecified atom stereocenters. The van der Waals surface area contributed by atoms with Gasteiger partial charge in [-0.25, -0.2) is 9.48 Å². The maximum Gasteiger partial charge on any atom is 0.350 e. The molecule has 1 amide bonds. The first-order chi connectivity index (χ1) is 9.69. The minimum absolute atomic E-state index is 0.110. The van der Waals surface area contributed by atoms with Gasteiger partial charge in [0, 0.05) is 25.7 Å². The molecule has 1 fully saturated rings. The van der Waals surface area contributed by atoms with Crippen LogP contribution in [0, 0.1) is 5.92 Å². The van der Waals surface area contributed by atoms with E-state index in [1.165, 1.54) is 9.08 Å². The minimum atomic E-state index is -0.191. The van der Waals surface area contributed by atoms with Gasteiger partial charge in [0.25, 0.3) is 0 Å². The van der Waals surface area contributed by atoms with E-state index >= 15 is 0 Å². The predicted molar refractivity (Wildman–Crippen MR) is 74.4 cm³/mol. The molecule has 0 N–H and O–H groups in total. The zero-order chi connectivity index (χ0) is 14.1. The highest BCUT2D eigenvalue weighted by Crippen LogP contribution is 2.19. The third-order valence-corrected chi connectivity index (χ3v) is 3.91. The number of fused-ring (bicyclic) bond motifs is 1. The largest absolute Gasteiger partial charge is 0.350 e. The Morgan fingerprint density at radius 1 is 1.40 bits per heavy atom. The first kappa shape index (κ1) is 12.9. The summed E-state index contributed by atoms with van der Waals surface area (Å²) >= 11 is 0. The number of carbonyl (C=O) groups excluding carboxylic acids is 1. The second-order valence-electron chi connectivity index (χ2n) is 5.26. The van der Waals surface area contributed by atoms with Crippen LogP contribution < -0.4 is 5.69 Å². The second-order valence-corrected chi connectivity index (χ2v) is 5.26. The summed E-state index contributed by atoms with van der Waals surface area (Å²) in [5.41, 5.74) is 0.420. The number of carbonyl (C=O) groups is 1. The molecule has 20 heavy (non-hydrogen) atoms.